The van der Waals surface area contributed by atoms with Gasteiger partial charge in [-0.25, -0.2) is 0 Å². The number of anilines is 1. The molecule has 0 radical (unpaired) electrons. The lowest BCUT2D eigenvalue weighted by Gasteiger charge is -2.11. The first-order chi connectivity index (χ1) is 9.42. The van der Waals surface area contributed by atoms with Crippen molar-refractivity contribution in [2.24, 2.45) is 0 Å². The molecule has 0 saturated heterocycles. The van der Waals surface area contributed by atoms with Crippen molar-refractivity contribution in [3.05, 3.63) is 28.8 Å². The Morgan fingerprint density at radius 3 is 2.75 bits per heavy atom. The van der Waals surface area contributed by atoms with E-state index in [1.165, 1.54) is 18.9 Å². The molecule has 1 rings (SSSR count). The van der Waals surface area contributed by atoms with Crippen molar-refractivity contribution in [1.82, 2.24) is 0 Å². The highest BCUT2D eigenvalue weighted by atomic mass is 35.5. The number of rotatable bonds is 6. The first kappa shape index (κ1) is 16.9. The maximum absolute atomic E-state index is 11.8. The molecule has 4 nitrogen and oxygen atoms in total. The molecule has 6 heteroatoms. The molecule has 1 unspecified atom stereocenters. The standard InChI is InChI=1S/C14H18ClNO3S/c1-9-4-5-12(11(15)6-9)16-13(17)8-20-10(2)7-14(18)19-3/h4-6,10H,7-8H2,1-3H3,(H,16,17). The Morgan fingerprint density at radius 2 is 2.15 bits per heavy atom. The Hall–Kier alpha value is -1.20. The topological polar surface area (TPSA) is 55.4 Å². The third-order valence-electron chi connectivity index (χ3n) is 2.58. The van der Waals surface area contributed by atoms with E-state index in [4.69, 9.17) is 11.6 Å². The van der Waals surface area contributed by atoms with E-state index >= 15 is 0 Å². The second-order valence-electron chi connectivity index (χ2n) is 4.43. The number of thioether (sulfide) groups is 1. The van der Waals surface area contributed by atoms with E-state index in [0.29, 0.717) is 17.1 Å². The first-order valence-electron chi connectivity index (χ1n) is 6.16. The molecule has 1 aromatic carbocycles. The van der Waals surface area contributed by atoms with Gasteiger partial charge in [-0.2, -0.15) is 0 Å². The van der Waals surface area contributed by atoms with E-state index < -0.39 is 0 Å². The van der Waals surface area contributed by atoms with Crippen LogP contribution in [0.5, 0.6) is 0 Å². The van der Waals surface area contributed by atoms with Crippen LogP contribution in [0.15, 0.2) is 18.2 Å². The Kier molecular flexibility index (Phi) is 6.88. The lowest BCUT2D eigenvalue weighted by Crippen LogP contribution is -2.17. The molecule has 0 fully saturated rings. The summed E-state index contributed by atoms with van der Waals surface area (Å²) in [6.07, 6.45) is 0.291. The number of carbonyl (C=O) groups is 2. The maximum Gasteiger partial charge on any atom is 0.306 e. The van der Waals surface area contributed by atoms with Crippen LogP contribution in [0.3, 0.4) is 0 Å². The van der Waals surface area contributed by atoms with E-state index in [2.05, 4.69) is 10.1 Å². The number of esters is 1. The maximum atomic E-state index is 11.8. The summed E-state index contributed by atoms with van der Waals surface area (Å²) in [5.41, 5.74) is 1.64. The van der Waals surface area contributed by atoms with Crippen molar-refractivity contribution in [2.45, 2.75) is 25.5 Å². The smallest absolute Gasteiger partial charge is 0.306 e. The van der Waals surface area contributed by atoms with Crippen LogP contribution < -0.4 is 5.32 Å². The number of benzene rings is 1. The summed E-state index contributed by atoms with van der Waals surface area (Å²) >= 11 is 7.44. The van der Waals surface area contributed by atoms with Gasteiger partial charge in [-0.1, -0.05) is 24.6 Å². The van der Waals surface area contributed by atoms with E-state index in [9.17, 15) is 9.59 Å². The van der Waals surface area contributed by atoms with Crippen molar-refractivity contribution in [3.8, 4) is 0 Å². The number of halogens is 1. The van der Waals surface area contributed by atoms with Crippen molar-refractivity contribution in [3.63, 3.8) is 0 Å². The third-order valence-corrected chi connectivity index (χ3v) is 4.06. The zero-order valence-corrected chi connectivity index (χ0v) is 13.3. The fraction of sp³-hybridized carbons (Fsp3) is 0.429. The molecular formula is C14H18ClNO3S. The van der Waals surface area contributed by atoms with Gasteiger partial charge in [0, 0.05) is 5.25 Å². The van der Waals surface area contributed by atoms with Gasteiger partial charge in [0.2, 0.25) is 5.91 Å². The Balaban J connectivity index is 2.42. The number of methoxy groups -OCH3 is 1. The molecular weight excluding hydrogens is 298 g/mol. The molecule has 110 valence electrons. The number of hydrogen-bond donors (Lipinski definition) is 1. The summed E-state index contributed by atoms with van der Waals surface area (Å²) in [6, 6.07) is 5.46. The lowest BCUT2D eigenvalue weighted by molar-refractivity contribution is -0.140. The second-order valence-corrected chi connectivity index (χ2v) is 6.27. The summed E-state index contributed by atoms with van der Waals surface area (Å²) in [6.45, 7) is 3.82. The van der Waals surface area contributed by atoms with Crippen LogP contribution in [0.1, 0.15) is 18.9 Å². The summed E-state index contributed by atoms with van der Waals surface area (Å²) in [7, 11) is 1.35. The lowest BCUT2D eigenvalue weighted by atomic mass is 10.2. The number of nitrogens with one attached hydrogen (secondary N) is 1. The van der Waals surface area contributed by atoms with Crippen molar-refractivity contribution < 1.29 is 14.3 Å². The second kappa shape index (κ2) is 8.17. The van der Waals surface area contributed by atoms with E-state index in [0.717, 1.165) is 5.56 Å². The highest BCUT2D eigenvalue weighted by Crippen LogP contribution is 2.23. The largest absolute Gasteiger partial charge is 0.469 e. The van der Waals surface area contributed by atoms with E-state index in [-0.39, 0.29) is 22.9 Å². The minimum atomic E-state index is -0.271. The number of hydrogen-bond acceptors (Lipinski definition) is 4. The molecule has 0 aliphatic rings. The van der Waals surface area contributed by atoms with E-state index in [1.807, 2.05) is 19.9 Å². The van der Waals surface area contributed by atoms with Gasteiger partial charge in [0.05, 0.1) is 30.0 Å². The van der Waals surface area contributed by atoms with Crippen LogP contribution in [0.25, 0.3) is 0 Å². The molecule has 1 aromatic rings. The van der Waals surface area contributed by atoms with Crippen LogP contribution >= 0.6 is 23.4 Å². The van der Waals surface area contributed by atoms with Crippen LogP contribution in [-0.2, 0) is 14.3 Å². The average Bonchev–Trinajstić information content (AvgIpc) is 2.39. The zero-order chi connectivity index (χ0) is 15.1. The number of carbonyl (C=O) groups excluding carboxylic acids is 2. The summed E-state index contributed by atoms with van der Waals surface area (Å²) < 4.78 is 4.58. The summed E-state index contributed by atoms with van der Waals surface area (Å²) in [5.74, 6) is -0.146. The monoisotopic (exact) mass is 315 g/mol. The third kappa shape index (κ3) is 5.84. The van der Waals surface area contributed by atoms with Gasteiger partial charge in [-0.3, -0.25) is 9.59 Å². The predicted molar refractivity (Wildman–Crippen MR) is 83.4 cm³/mol. The SMILES string of the molecule is COC(=O)CC(C)SCC(=O)Nc1ccc(C)cc1Cl. The molecule has 0 aliphatic carbocycles. The van der Waals surface area contributed by atoms with Gasteiger partial charge in [-0.15, -0.1) is 11.8 Å². The predicted octanol–water partition coefficient (Wildman–Crippen LogP) is 3.27. The first-order valence-corrected chi connectivity index (χ1v) is 7.59. The quantitative estimate of drug-likeness (QED) is 0.819. The molecule has 0 aromatic heterocycles. The van der Waals surface area contributed by atoms with Gasteiger partial charge < -0.3 is 10.1 Å². The van der Waals surface area contributed by atoms with Crippen LogP contribution in [0.4, 0.5) is 5.69 Å². The normalized spacial score (nSPS) is 11.8. The number of amides is 1. The van der Waals surface area contributed by atoms with Gasteiger partial charge in [0.25, 0.3) is 0 Å². The van der Waals surface area contributed by atoms with Gasteiger partial charge in [0.1, 0.15) is 0 Å². The Bertz CT molecular complexity index is 493. The molecule has 1 N–H and O–H groups in total. The number of aryl methyl sites for hydroxylation is 1. The van der Waals surface area contributed by atoms with Crippen LogP contribution in [0, 0.1) is 6.92 Å². The minimum absolute atomic E-state index is 0.0293. The zero-order valence-electron chi connectivity index (χ0n) is 11.7. The molecule has 20 heavy (non-hydrogen) atoms. The molecule has 1 atom stereocenters. The van der Waals surface area contributed by atoms with Crippen LogP contribution in [0.2, 0.25) is 5.02 Å². The summed E-state index contributed by atoms with van der Waals surface area (Å²) in [5, 5.41) is 3.30. The Morgan fingerprint density at radius 1 is 1.45 bits per heavy atom. The van der Waals surface area contributed by atoms with Gasteiger partial charge in [0.15, 0.2) is 0 Å². The van der Waals surface area contributed by atoms with Crippen LogP contribution in [-0.4, -0.2) is 30.0 Å². The molecule has 0 saturated carbocycles. The van der Waals surface area contributed by atoms with Crippen molar-refractivity contribution >= 4 is 40.9 Å². The number of ether oxygens (including phenoxy) is 1. The molecule has 0 spiro atoms. The van der Waals surface area contributed by atoms with Crippen molar-refractivity contribution in [2.75, 3.05) is 18.2 Å². The van der Waals surface area contributed by atoms with Gasteiger partial charge >= 0.3 is 5.97 Å². The highest BCUT2D eigenvalue weighted by Gasteiger charge is 2.12. The average molecular weight is 316 g/mol. The molecule has 0 bridgehead atoms. The van der Waals surface area contributed by atoms with Gasteiger partial charge in [-0.05, 0) is 24.6 Å². The fourth-order valence-corrected chi connectivity index (χ4v) is 2.55. The summed E-state index contributed by atoms with van der Waals surface area (Å²) in [4.78, 5) is 22.9. The highest BCUT2D eigenvalue weighted by molar-refractivity contribution is 8.00. The fourth-order valence-electron chi connectivity index (χ4n) is 1.50. The minimum Gasteiger partial charge on any atom is -0.469 e. The Labute approximate surface area is 128 Å². The van der Waals surface area contributed by atoms with Crippen molar-refractivity contribution in [1.29, 1.82) is 0 Å². The van der Waals surface area contributed by atoms with E-state index in [1.54, 1.807) is 12.1 Å². The molecule has 0 aliphatic heterocycles. The molecule has 0 heterocycles. The molecule has 1 amide bonds.